The Kier molecular flexibility index (Phi) is 2.31. The highest BCUT2D eigenvalue weighted by Gasteiger charge is 2.18. The number of amides is 1. The van der Waals surface area contributed by atoms with Crippen LogP contribution in [0.3, 0.4) is 0 Å². The van der Waals surface area contributed by atoms with E-state index in [0.717, 1.165) is 12.4 Å². The van der Waals surface area contributed by atoms with Crippen molar-refractivity contribution in [3.8, 4) is 0 Å². The first-order chi connectivity index (χ1) is 6.75. The van der Waals surface area contributed by atoms with E-state index in [1.165, 1.54) is 5.56 Å². The summed E-state index contributed by atoms with van der Waals surface area (Å²) in [5, 5.41) is 0. The molecule has 0 spiro atoms. The van der Waals surface area contributed by atoms with Crippen LogP contribution in [0.25, 0.3) is 0 Å². The molecule has 0 N–H and O–H groups in total. The number of aliphatic imine (C=N–C) groups is 1. The fraction of sp³-hybridized carbons (Fsp3) is 0.273. The van der Waals surface area contributed by atoms with E-state index in [1.54, 1.807) is 0 Å². The van der Waals surface area contributed by atoms with Crippen molar-refractivity contribution in [1.29, 1.82) is 0 Å². The Bertz CT molecular complexity index is 370. The second kappa shape index (κ2) is 3.62. The van der Waals surface area contributed by atoms with E-state index >= 15 is 0 Å². The minimum atomic E-state index is -0.0431. The molecule has 1 aliphatic heterocycles. The zero-order valence-electron chi connectivity index (χ0n) is 8.10. The molecule has 14 heavy (non-hydrogen) atoms. The van der Waals surface area contributed by atoms with Crippen LogP contribution in [0.4, 0.5) is 0 Å². The topological polar surface area (TPSA) is 32.7 Å². The summed E-state index contributed by atoms with van der Waals surface area (Å²) in [6, 6.07) is 10.1. The molecule has 0 fully saturated rings. The molecule has 0 saturated heterocycles. The highest BCUT2D eigenvalue weighted by molar-refractivity contribution is 6.00. The van der Waals surface area contributed by atoms with Gasteiger partial charge in [0.25, 0.3) is 5.91 Å². The quantitative estimate of drug-likeness (QED) is 0.703. The minimum absolute atomic E-state index is 0.0431. The summed E-state index contributed by atoms with van der Waals surface area (Å²) in [6.07, 6.45) is 0. The third-order valence-electron chi connectivity index (χ3n) is 2.29. The van der Waals surface area contributed by atoms with Crippen molar-refractivity contribution in [2.24, 2.45) is 4.99 Å². The number of carbonyl (C=O) groups excluding carboxylic acids is 1. The Morgan fingerprint density at radius 3 is 2.64 bits per heavy atom. The largest absolute Gasteiger partial charge is 0.346 e. The van der Waals surface area contributed by atoms with E-state index < -0.39 is 0 Å². The summed E-state index contributed by atoms with van der Waals surface area (Å²) in [5.41, 5.74) is 1.21. The molecule has 3 heteroatoms. The van der Waals surface area contributed by atoms with Crippen LogP contribution in [0, 0.1) is 0 Å². The standard InChI is InChI=1S/C11H12N2O/c1-9-12-11(14)8-13(9)7-10-5-3-2-4-6-10/h2-6H,7-8H2,1H3. The van der Waals surface area contributed by atoms with Gasteiger partial charge in [0.2, 0.25) is 0 Å². The molecule has 0 aromatic heterocycles. The number of hydrogen-bond acceptors (Lipinski definition) is 2. The molecule has 1 heterocycles. The van der Waals surface area contributed by atoms with Gasteiger partial charge in [0.05, 0.1) is 0 Å². The van der Waals surface area contributed by atoms with E-state index in [2.05, 4.69) is 17.1 Å². The predicted molar refractivity (Wildman–Crippen MR) is 55.0 cm³/mol. The van der Waals surface area contributed by atoms with E-state index in [0.29, 0.717) is 6.54 Å². The zero-order chi connectivity index (χ0) is 9.97. The molecule has 0 aliphatic carbocycles. The summed E-state index contributed by atoms with van der Waals surface area (Å²) in [6.45, 7) is 3.05. The monoisotopic (exact) mass is 188 g/mol. The Morgan fingerprint density at radius 1 is 1.36 bits per heavy atom. The maximum Gasteiger partial charge on any atom is 0.266 e. The van der Waals surface area contributed by atoms with Gasteiger partial charge < -0.3 is 4.90 Å². The zero-order valence-corrected chi connectivity index (χ0v) is 8.10. The molecule has 1 aromatic rings. The van der Waals surface area contributed by atoms with Crippen molar-refractivity contribution in [2.75, 3.05) is 6.54 Å². The SMILES string of the molecule is CC1=NC(=O)CN1Cc1ccccc1. The van der Waals surface area contributed by atoms with Crippen molar-refractivity contribution in [2.45, 2.75) is 13.5 Å². The lowest BCUT2D eigenvalue weighted by Crippen LogP contribution is -2.25. The first kappa shape index (κ1) is 8.94. The van der Waals surface area contributed by atoms with Crippen LogP contribution < -0.4 is 0 Å². The molecule has 1 amide bonds. The van der Waals surface area contributed by atoms with Crippen molar-refractivity contribution >= 4 is 11.7 Å². The van der Waals surface area contributed by atoms with Gasteiger partial charge >= 0.3 is 0 Å². The molecule has 1 aromatic carbocycles. The van der Waals surface area contributed by atoms with Gasteiger partial charge in [0.1, 0.15) is 12.4 Å². The molecular formula is C11H12N2O. The number of nitrogens with zero attached hydrogens (tertiary/aromatic N) is 2. The van der Waals surface area contributed by atoms with Gasteiger partial charge in [-0.3, -0.25) is 4.79 Å². The van der Waals surface area contributed by atoms with Gasteiger partial charge in [-0.2, -0.15) is 4.99 Å². The maximum absolute atomic E-state index is 11.0. The second-order valence-electron chi connectivity index (χ2n) is 3.39. The Hall–Kier alpha value is -1.64. The third-order valence-corrected chi connectivity index (χ3v) is 2.29. The highest BCUT2D eigenvalue weighted by Crippen LogP contribution is 2.09. The van der Waals surface area contributed by atoms with Gasteiger partial charge in [-0.1, -0.05) is 30.3 Å². The van der Waals surface area contributed by atoms with Crippen molar-refractivity contribution in [1.82, 2.24) is 4.90 Å². The number of hydrogen-bond donors (Lipinski definition) is 0. The number of rotatable bonds is 2. The van der Waals surface area contributed by atoms with Gasteiger partial charge in [-0.15, -0.1) is 0 Å². The van der Waals surface area contributed by atoms with Crippen LogP contribution in [0.2, 0.25) is 0 Å². The predicted octanol–water partition coefficient (Wildman–Crippen LogP) is 1.45. The van der Waals surface area contributed by atoms with Gasteiger partial charge in [-0.25, -0.2) is 0 Å². The van der Waals surface area contributed by atoms with Gasteiger partial charge in [0.15, 0.2) is 0 Å². The van der Waals surface area contributed by atoms with E-state index in [4.69, 9.17) is 0 Å². The average molecular weight is 188 g/mol. The molecular weight excluding hydrogens is 176 g/mol. The number of benzene rings is 1. The number of carbonyl (C=O) groups is 1. The Balaban J connectivity index is 2.07. The van der Waals surface area contributed by atoms with Crippen molar-refractivity contribution < 1.29 is 4.79 Å². The molecule has 2 rings (SSSR count). The van der Waals surface area contributed by atoms with Crippen LogP contribution in [0.1, 0.15) is 12.5 Å². The lowest BCUT2D eigenvalue weighted by Gasteiger charge is -2.16. The molecule has 0 radical (unpaired) electrons. The van der Waals surface area contributed by atoms with Crippen LogP contribution in [-0.2, 0) is 11.3 Å². The van der Waals surface area contributed by atoms with Crippen molar-refractivity contribution in [3.63, 3.8) is 0 Å². The highest BCUT2D eigenvalue weighted by atomic mass is 16.2. The molecule has 3 nitrogen and oxygen atoms in total. The summed E-state index contributed by atoms with van der Waals surface area (Å²) >= 11 is 0. The third kappa shape index (κ3) is 1.82. The summed E-state index contributed by atoms with van der Waals surface area (Å²) in [7, 11) is 0. The molecule has 0 saturated carbocycles. The van der Waals surface area contributed by atoms with Crippen molar-refractivity contribution in [3.05, 3.63) is 35.9 Å². The lowest BCUT2D eigenvalue weighted by atomic mass is 10.2. The van der Waals surface area contributed by atoms with E-state index in [-0.39, 0.29) is 5.91 Å². The minimum Gasteiger partial charge on any atom is -0.346 e. The van der Waals surface area contributed by atoms with Gasteiger partial charge in [0, 0.05) is 6.54 Å². The van der Waals surface area contributed by atoms with Crippen LogP contribution >= 0.6 is 0 Å². The van der Waals surface area contributed by atoms with Gasteiger partial charge in [-0.05, 0) is 12.5 Å². The molecule has 0 atom stereocenters. The fourth-order valence-electron chi connectivity index (χ4n) is 1.54. The lowest BCUT2D eigenvalue weighted by molar-refractivity contribution is -0.117. The number of amidine groups is 1. The smallest absolute Gasteiger partial charge is 0.266 e. The normalized spacial score (nSPS) is 15.9. The summed E-state index contributed by atoms with van der Waals surface area (Å²) in [4.78, 5) is 16.9. The molecule has 0 unspecified atom stereocenters. The average Bonchev–Trinajstić information content (AvgIpc) is 2.47. The van der Waals surface area contributed by atoms with Crippen LogP contribution in [0.15, 0.2) is 35.3 Å². The maximum atomic E-state index is 11.0. The molecule has 0 bridgehead atoms. The Labute approximate surface area is 83.1 Å². The first-order valence-corrected chi connectivity index (χ1v) is 4.63. The molecule has 1 aliphatic rings. The van der Waals surface area contributed by atoms with Crippen LogP contribution in [0.5, 0.6) is 0 Å². The summed E-state index contributed by atoms with van der Waals surface area (Å²) < 4.78 is 0. The van der Waals surface area contributed by atoms with E-state index in [1.807, 2.05) is 30.0 Å². The summed E-state index contributed by atoms with van der Waals surface area (Å²) in [5.74, 6) is 0.775. The van der Waals surface area contributed by atoms with Crippen LogP contribution in [-0.4, -0.2) is 23.2 Å². The fourth-order valence-corrected chi connectivity index (χ4v) is 1.54. The Morgan fingerprint density at radius 2 is 2.07 bits per heavy atom. The second-order valence-corrected chi connectivity index (χ2v) is 3.39. The first-order valence-electron chi connectivity index (χ1n) is 4.63. The molecule has 72 valence electrons. The van der Waals surface area contributed by atoms with E-state index in [9.17, 15) is 4.79 Å².